The first-order valence-corrected chi connectivity index (χ1v) is 8.47. The zero-order chi connectivity index (χ0) is 16.9. The number of aromatic nitrogens is 2. The van der Waals surface area contributed by atoms with Crippen LogP contribution >= 0.6 is 0 Å². The van der Waals surface area contributed by atoms with Crippen molar-refractivity contribution < 1.29 is 9.90 Å². The summed E-state index contributed by atoms with van der Waals surface area (Å²) in [7, 11) is 0. The number of hydrogen-bond acceptors (Lipinski definition) is 4. The molecular weight excluding hydrogens is 302 g/mol. The molecule has 3 rings (SSSR count). The second kappa shape index (κ2) is 7.53. The Hall–Kier alpha value is -2.27. The van der Waals surface area contributed by atoms with E-state index in [2.05, 4.69) is 15.3 Å². The first-order chi connectivity index (χ1) is 11.6. The highest BCUT2D eigenvalue weighted by atomic mass is 16.3. The third kappa shape index (κ3) is 3.97. The third-order valence-corrected chi connectivity index (χ3v) is 4.73. The number of aliphatic hydroxyl groups excluding tert-OH is 1. The van der Waals surface area contributed by atoms with Crippen LogP contribution in [0.2, 0.25) is 0 Å². The molecule has 2 aromatic rings. The molecule has 24 heavy (non-hydrogen) atoms. The van der Waals surface area contributed by atoms with Crippen LogP contribution in [0.3, 0.4) is 0 Å². The van der Waals surface area contributed by atoms with Crippen molar-refractivity contribution in [3.63, 3.8) is 0 Å². The highest BCUT2D eigenvalue weighted by Crippen LogP contribution is 2.26. The predicted molar refractivity (Wildman–Crippen MR) is 92.0 cm³/mol. The summed E-state index contributed by atoms with van der Waals surface area (Å²) in [5.41, 5.74) is 3.10. The molecule has 0 spiro atoms. The van der Waals surface area contributed by atoms with Gasteiger partial charge >= 0.3 is 0 Å². The van der Waals surface area contributed by atoms with Gasteiger partial charge in [-0.2, -0.15) is 0 Å². The van der Waals surface area contributed by atoms with Crippen LogP contribution in [-0.2, 0) is 4.79 Å². The number of benzene rings is 1. The minimum atomic E-state index is -0.235. The van der Waals surface area contributed by atoms with E-state index in [0.29, 0.717) is 0 Å². The maximum atomic E-state index is 12.4. The van der Waals surface area contributed by atoms with Crippen molar-refractivity contribution in [1.29, 1.82) is 0 Å². The third-order valence-electron chi connectivity index (χ3n) is 4.73. The quantitative estimate of drug-likeness (QED) is 0.906. The average Bonchev–Trinajstić information content (AvgIpc) is 2.63. The lowest BCUT2D eigenvalue weighted by Gasteiger charge is -2.26. The van der Waals surface area contributed by atoms with Crippen molar-refractivity contribution in [1.82, 2.24) is 15.3 Å². The number of rotatable bonds is 4. The van der Waals surface area contributed by atoms with Gasteiger partial charge in [-0.15, -0.1) is 0 Å². The SMILES string of the molecule is C[C@@H](NC(=O)C1CCC(O)CC1)c1ccc(-c2cncnc2)cc1. The van der Waals surface area contributed by atoms with E-state index in [4.69, 9.17) is 0 Å². The Morgan fingerprint density at radius 2 is 1.71 bits per heavy atom. The minimum absolute atomic E-state index is 0.0246. The molecule has 1 fully saturated rings. The molecule has 1 amide bonds. The Balaban J connectivity index is 1.61. The zero-order valence-electron chi connectivity index (χ0n) is 13.9. The molecule has 0 bridgehead atoms. The van der Waals surface area contributed by atoms with E-state index in [1.54, 1.807) is 12.4 Å². The molecule has 126 valence electrons. The van der Waals surface area contributed by atoms with Crippen LogP contribution in [0.5, 0.6) is 0 Å². The van der Waals surface area contributed by atoms with Crippen molar-refractivity contribution in [3.05, 3.63) is 48.5 Å². The number of carbonyl (C=O) groups excluding carboxylic acids is 1. The highest BCUT2D eigenvalue weighted by Gasteiger charge is 2.26. The standard InChI is InChI=1S/C19H23N3O2/c1-13(22-19(24)16-6-8-18(23)9-7-16)14-2-4-15(5-3-14)17-10-20-12-21-11-17/h2-5,10-13,16,18,23H,6-9H2,1H3,(H,22,24)/t13-,16?,18?/m1/s1. The van der Waals surface area contributed by atoms with E-state index in [9.17, 15) is 9.90 Å². The van der Waals surface area contributed by atoms with Crippen molar-refractivity contribution >= 4 is 5.91 Å². The Morgan fingerprint density at radius 1 is 1.08 bits per heavy atom. The van der Waals surface area contributed by atoms with Gasteiger partial charge in [0.25, 0.3) is 0 Å². The van der Waals surface area contributed by atoms with Crippen molar-refractivity contribution in [2.75, 3.05) is 0 Å². The Bertz CT molecular complexity index is 665. The van der Waals surface area contributed by atoms with E-state index in [1.165, 1.54) is 6.33 Å². The van der Waals surface area contributed by atoms with Gasteiger partial charge in [0, 0.05) is 23.9 Å². The van der Waals surface area contributed by atoms with E-state index < -0.39 is 0 Å². The highest BCUT2D eigenvalue weighted by molar-refractivity contribution is 5.79. The number of aliphatic hydroxyl groups is 1. The van der Waals surface area contributed by atoms with E-state index in [1.807, 2.05) is 31.2 Å². The topological polar surface area (TPSA) is 75.1 Å². The van der Waals surface area contributed by atoms with Gasteiger partial charge in [0.05, 0.1) is 12.1 Å². The molecule has 1 heterocycles. The summed E-state index contributed by atoms with van der Waals surface area (Å²) in [6.45, 7) is 2.00. The Kier molecular flexibility index (Phi) is 5.20. The summed E-state index contributed by atoms with van der Waals surface area (Å²) >= 11 is 0. The maximum absolute atomic E-state index is 12.4. The van der Waals surface area contributed by atoms with Crippen LogP contribution in [-0.4, -0.2) is 27.1 Å². The lowest BCUT2D eigenvalue weighted by molar-refractivity contribution is -0.127. The van der Waals surface area contributed by atoms with Gasteiger partial charge in [-0.25, -0.2) is 9.97 Å². The molecule has 1 saturated carbocycles. The monoisotopic (exact) mass is 325 g/mol. The summed E-state index contributed by atoms with van der Waals surface area (Å²) in [5, 5.41) is 12.6. The molecule has 1 aromatic heterocycles. The summed E-state index contributed by atoms with van der Waals surface area (Å²) in [5.74, 6) is 0.117. The molecule has 0 unspecified atom stereocenters. The fourth-order valence-corrected chi connectivity index (χ4v) is 3.16. The number of amides is 1. The molecule has 1 aliphatic carbocycles. The molecule has 0 radical (unpaired) electrons. The molecule has 5 heteroatoms. The predicted octanol–water partition coefficient (Wildman–Crippen LogP) is 2.87. The molecule has 0 saturated heterocycles. The van der Waals surface area contributed by atoms with E-state index in [0.717, 1.165) is 42.4 Å². The number of nitrogens with zero attached hydrogens (tertiary/aromatic N) is 2. The van der Waals surface area contributed by atoms with Crippen LogP contribution in [0.15, 0.2) is 43.0 Å². The second-order valence-electron chi connectivity index (χ2n) is 6.48. The van der Waals surface area contributed by atoms with Gasteiger partial charge in [-0.1, -0.05) is 24.3 Å². The summed E-state index contributed by atoms with van der Waals surface area (Å²) in [6, 6.07) is 8.06. The fourth-order valence-electron chi connectivity index (χ4n) is 3.16. The Morgan fingerprint density at radius 3 is 2.33 bits per heavy atom. The van der Waals surface area contributed by atoms with Gasteiger partial charge in [0.2, 0.25) is 5.91 Å². The lowest BCUT2D eigenvalue weighted by atomic mass is 9.86. The fraction of sp³-hybridized carbons (Fsp3) is 0.421. The largest absolute Gasteiger partial charge is 0.393 e. The van der Waals surface area contributed by atoms with Crippen LogP contribution in [0.4, 0.5) is 0 Å². The molecule has 2 N–H and O–H groups in total. The first kappa shape index (κ1) is 16.6. The molecule has 5 nitrogen and oxygen atoms in total. The smallest absolute Gasteiger partial charge is 0.223 e. The van der Waals surface area contributed by atoms with Crippen molar-refractivity contribution in [2.24, 2.45) is 5.92 Å². The summed E-state index contributed by atoms with van der Waals surface area (Å²) < 4.78 is 0. The lowest BCUT2D eigenvalue weighted by Crippen LogP contribution is -2.35. The molecular formula is C19H23N3O2. The van der Waals surface area contributed by atoms with Crippen LogP contribution < -0.4 is 5.32 Å². The van der Waals surface area contributed by atoms with Gasteiger partial charge in [0.15, 0.2) is 0 Å². The van der Waals surface area contributed by atoms with Gasteiger partial charge in [-0.05, 0) is 43.7 Å². The molecule has 0 aliphatic heterocycles. The molecule has 1 atom stereocenters. The van der Waals surface area contributed by atoms with E-state index >= 15 is 0 Å². The number of carbonyl (C=O) groups is 1. The first-order valence-electron chi connectivity index (χ1n) is 8.47. The van der Waals surface area contributed by atoms with Crippen molar-refractivity contribution in [3.8, 4) is 11.1 Å². The number of nitrogens with one attached hydrogen (secondary N) is 1. The summed E-state index contributed by atoms with van der Waals surface area (Å²) in [6.07, 6.45) is 7.83. The van der Waals surface area contributed by atoms with Gasteiger partial charge < -0.3 is 10.4 Å². The van der Waals surface area contributed by atoms with Crippen LogP contribution in [0.25, 0.3) is 11.1 Å². The van der Waals surface area contributed by atoms with E-state index in [-0.39, 0.29) is 24.0 Å². The molecule has 1 aromatic carbocycles. The molecule has 1 aliphatic rings. The second-order valence-corrected chi connectivity index (χ2v) is 6.48. The van der Waals surface area contributed by atoms with Gasteiger partial charge in [0.1, 0.15) is 6.33 Å². The minimum Gasteiger partial charge on any atom is -0.393 e. The van der Waals surface area contributed by atoms with Crippen LogP contribution in [0.1, 0.15) is 44.2 Å². The summed E-state index contributed by atoms with van der Waals surface area (Å²) in [4.78, 5) is 20.4. The normalized spacial score (nSPS) is 21.9. The van der Waals surface area contributed by atoms with Crippen LogP contribution in [0, 0.1) is 5.92 Å². The number of hydrogen-bond donors (Lipinski definition) is 2. The Labute approximate surface area is 142 Å². The average molecular weight is 325 g/mol. The maximum Gasteiger partial charge on any atom is 0.223 e. The van der Waals surface area contributed by atoms with Crippen molar-refractivity contribution in [2.45, 2.75) is 44.8 Å². The zero-order valence-corrected chi connectivity index (χ0v) is 13.9. The van der Waals surface area contributed by atoms with Gasteiger partial charge in [-0.3, -0.25) is 4.79 Å².